The van der Waals surface area contributed by atoms with Gasteiger partial charge in [-0.3, -0.25) is 4.79 Å². The van der Waals surface area contributed by atoms with Crippen LogP contribution in [0.4, 0.5) is 0 Å². The summed E-state index contributed by atoms with van der Waals surface area (Å²) in [4.78, 5) is 14.7. The molecule has 0 bridgehead atoms. The number of likely N-dealkylation sites (tertiary alicyclic amines) is 1. The zero-order valence-corrected chi connectivity index (χ0v) is 12.8. The van der Waals surface area contributed by atoms with Gasteiger partial charge in [-0.2, -0.15) is 0 Å². The minimum Gasteiger partial charge on any atom is -0.493 e. The number of carbonyl (C=O) groups excluding carboxylic acids is 1. The minimum absolute atomic E-state index is 0.146. The van der Waals surface area contributed by atoms with Crippen molar-refractivity contribution in [2.45, 2.75) is 33.2 Å². The molecule has 3 rings (SSSR count). The molecule has 1 amide bonds. The van der Waals surface area contributed by atoms with Crippen LogP contribution in [-0.2, 0) is 6.54 Å². The van der Waals surface area contributed by atoms with Crippen molar-refractivity contribution in [1.29, 1.82) is 0 Å². The van der Waals surface area contributed by atoms with Gasteiger partial charge in [0.2, 0.25) is 0 Å². The van der Waals surface area contributed by atoms with Crippen molar-refractivity contribution in [2.75, 3.05) is 19.7 Å². The van der Waals surface area contributed by atoms with Crippen LogP contribution in [0.5, 0.6) is 5.75 Å². The second-order valence-corrected chi connectivity index (χ2v) is 5.40. The molecule has 1 aliphatic rings. The Morgan fingerprint density at radius 1 is 1.24 bits per heavy atom. The van der Waals surface area contributed by atoms with Crippen molar-refractivity contribution in [3.63, 3.8) is 0 Å². The Morgan fingerprint density at radius 3 is 2.67 bits per heavy atom. The van der Waals surface area contributed by atoms with Gasteiger partial charge in [-0.25, -0.2) is 0 Å². The number of carbonyl (C=O) groups is 1. The highest BCUT2D eigenvalue weighted by Gasteiger charge is 2.24. The number of amides is 1. The predicted molar refractivity (Wildman–Crippen MR) is 83.9 cm³/mol. The van der Waals surface area contributed by atoms with Gasteiger partial charge < -0.3 is 14.2 Å². The molecule has 0 unspecified atom stereocenters. The van der Waals surface area contributed by atoms with Gasteiger partial charge in [0.15, 0.2) is 0 Å². The summed E-state index contributed by atoms with van der Waals surface area (Å²) in [7, 11) is 0. The normalized spacial score (nSPS) is 14.9. The third-order valence-electron chi connectivity index (χ3n) is 4.13. The van der Waals surface area contributed by atoms with Gasteiger partial charge in [-0.05, 0) is 44.9 Å². The lowest BCUT2D eigenvalue weighted by Crippen LogP contribution is -2.29. The average molecular weight is 286 g/mol. The summed E-state index contributed by atoms with van der Waals surface area (Å²) in [6.45, 7) is 7.23. The molecule has 0 N–H and O–H groups in total. The molecule has 0 aliphatic carbocycles. The molecule has 0 spiro atoms. The molecule has 2 heterocycles. The Morgan fingerprint density at radius 2 is 2.00 bits per heavy atom. The number of hydrogen-bond acceptors (Lipinski definition) is 2. The highest BCUT2D eigenvalue weighted by Crippen LogP contribution is 2.30. The van der Waals surface area contributed by atoms with Gasteiger partial charge in [-0.15, -0.1) is 0 Å². The monoisotopic (exact) mass is 286 g/mol. The van der Waals surface area contributed by atoms with Gasteiger partial charge >= 0.3 is 0 Å². The van der Waals surface area contributed by atoms with E-state index in [1.54, 1.807) is 0 Å². The van der Waals surface area contributed by atoms with E-state index in [2.05, 4.69) is 17.6 Å². The number of benzene rings is 1. The van der Waals surface area contributed by atoms with Gasteiger partial charge in [0, 0.05) is 25.0 Å². The fraction of sp³-hybridized carbons (Fsp3) is 0.471. The number of fused-ring (bicyclic) bond motifs is 1. The number of hydrogen-bond donors (Lipinski definition) is 0. The Bertz CT molecular complexity index is 654. The molecule has 1 aromatic carbocycles. The van der Waals surface area contributed by atoms with E-state index >= 15 is 0 Å². The molecule has 21 heavy (non-hydrogen) atoms. The SMILES string of the molecule is CCOc1cccc2c1cc(C(=O)N1CCCC1)n2CC. The Balaban J connectivity index is 2.09. The summed E-state index contributed by atoms with van der Waals surface area (Å²) >= 11 is 0. The molecule has 1 saturated heterocycles. The molecule has 1 aliphatic heterocycles. The third kappa shape index (κ3) is 2.39. The summed E-state index contributed by atoms with van der Waals surface area (Å²) in [5, 5.41) is 1.03. The largest absolute Gasteiger partial charge is 0.493 e. The maximum absolute atomic E-state index is 12.7. The Kier molecular flexibility index (Phi) is 3.86. The van der Waals surface area contributed by atoms with Crippen molar-refractivity contribution in [1.82, 2.24) is 9.47 Å². The quantitative estimate of drug-likeness (QED) is 0.864. The van der Waals surface area contributed by atoms with E-state index in [9.17, 15) is 4.79 Å². The Labute approximate surface area is 125 Å². The van der Waals surface area contributed by atoms with Crippen LogP contribution in [0.15, 0.2) is 24.3 Å². The predicted octanol–water partition coefficient (Wildman–Crippen LogP) is 3.30. The van der Waals surface area contributed by atoms with Crippen LogP contribution >= 0.6 is 0 Å². The topological polar surface area (TPSA) is 34.5 Å². The second kappa shape index (κ2) is 5.80. The second-order valence-electron chi connectivity index (χ2n) is 5.40. The number of ether oxygens (including phenoxy) is 1. The van der Waals surface area contributed by atoms with Crippen LogP contribution in [0, 0.1) is 0 Å². The molecule has 1 fully saturated rings. The molecular weight excluding hydrogens is 264 g/mol. The van der Waals surface area contributed by atoms with E-state index < -0.39 is 0 Å². The summed E-state index contributed by atoms with van der Waals surface area (Å²) in [6, 6.07) is 8.01. The minimum atomic E-state index is 0.146. The maximum Gasteiger partial charge on any atom is 0.270 e. The fourth-order valence-electron chi connectivity index (χ4n) is 3.14. The first-order chi connectivity index (χ1) is 10.3. The molecule has 0 saturated carbocycles. The zero-order valence-electron chi connectivity index (χ0n) is 12.8. The molecule has 4 heteroatoms. The molecule has 0 radical (unpaired) electrons. The molecule has 112 valence electrons. The molecule has 2 aromatic rings. The van der Waals surface area contributed by atoms with Crippen molar-refractivity contribution >= 4 is 16.8 Å². The lowest BCUT2D eigenvalue weighted by Gasteiger charge is -2.16. The lowest BCUT2D eigenvalue weighted by atomic mass is 10.2. The highest BCUT2D eigenvalue weighted by atomic mass is 16.5. The van der Waals surface area contributed by atoms with Crippen LogP contribution in [0.25, 0.3) is 10.9 Å². The van der Waals surface area contributed by atoms with Gasteiger partial charge in [-0.1, -0.05) is 6.07 Å². The first-order valence-corrected chi connectivity index (χ1v) is 7.80. The van der Waals surface area contributed by atoms with E-state index in [4.69, 9.17) is 4.74 Å². The van der Waals surface area contributed by atoms with E-state index in [0.717, 1.165) is 54.8 Å². The van der Waals surface area contributed by atoms with Crippen LogP contribution in [0.2, 0.25) is 0 Å². The molecular formula is C17H22N2O2. The molecule has 4 nitrogen and oxygen atoms in total. The van der Waals surface area contributed by atoms with Crippen molar-refractivity contribution in [2.24, 2.45) is 0 Å². The number of aryl methyl sites for hydroxylation is 1. The summed E-state index contributed by atoms with van der Waals surface area (Å²) in [6.07, 6.45) is 2.23. The lowest BCUT2D eigenvalue weighted by molar-refractivity contribution is 0.0783. The maximum atomic E-state index is 12.7. The van der Waals surface area contributed by atoms with Crippen LogP contribution in [-0.4, -0.2) is 35.1 Å². The van der Waals surface area contributed by atoms with Crippen LogP contribution in [0.1, 0.15) is 37.2 Å². The van der Waals surface area contributed by atoms with E-state index in [-0.39, 0.29) is 5.91 Å². The van der Waals surface area contributed by atoms with E-state index in [0.29, 0.717) is 6.61 Å². The number of nitrogens with zero attached hydrogens (tertiary/aromatic N) is 2. The van der Waals surface area contributed by atoms with Crippen LogP contribution in [0.3, 0.4) is 0 Å². The smallest absolute Gasteiger partial charge is 0.270 e. The number of aromatic nitrogens is 1. The number of rotatable bonds is 4. The van der Waals surface area contributed by atoms with Crippen molar-refractivity contribution in [3.05, 3.63) is 30.0 Å². The Hall–Kier alpha value is -1.97. The zero-order chi connectivity index (χ0) is 14.8. The first kappa shape index (κ1) is 14.0. The van der Waals surface area contributed by atoms with E-state index in [1.165, 1.54) is 0 Å². The highest BCUT2D eigenvalue weighted by molar-refractivity contribution is 6.00. The summed E-state index contributed by atoms with van der Waals surface area (Å²) in [5.74, 6) is 1.01. The van der Waals surface area contributed by atoms with E-state index in [1.807, 2.05) is 30.0 Å². The van der Waals surface area contributed by atoms with Gasteiger partial charge in [0.1, 0.15) is 11.4 Å². The van der Waals surface area contributed by atoms with Crippen molar-refractivity contribution in [3.8, 4) is 5.75 Å². The van der Waals surface area contributed by atoms with Crippen LogP contribution < -0.4 is 4.74 Å². The van der Waals surface area contributed by atoms with Gasteiger partial charge in [0.25, 0.3) is 5.91 Å². The average Bonchev–Trinajstić information content (AvgIpc) is 3.14. The van der Waals surface area contributed by atoms with Gasteiger partial charge in [0.05, 0.1) is 12.1 Å². The fourth-order valence-corrected chi connectivity index (χ4v) is 3.14. The molecule has 1 aromatic heterocycles. The third-order valence-corrected chi connectivity index (χ3v) is 4.13. The standard InChI is InChI=1S/C17H22N2O2/c1-3-19-14-8-7-9-16(21-4-2)13(14)12-15(19)17(20)18-10-5-6-11-18/h7-9,12H,3-6,10-11H2,1-2H3. The summed E-state index contributed by atoms with van der Waals surface area (Å²) < 4.78 is 7.79. The summed E-state index contributed by atoms with van der Waals surface area (Å²) in [5.41, 5.74) is 1.85. The first-order valence-electron chi connectivity index (χ1n) is 7.80. The molecule has 0 atom stereocenters. The van der Waals surface area contributed by atoms with Crippen molar-refractivity contribution < 1.29 is 9.53 Å².